The van der Waals surface area contributed by atoms with Crippen molar-refractivity contribution in [1.29, 1.82) is 0 Å². The smallest absolute Gasteiger partial charge is 0.136 e. The third kappa shape index (κ3) is 15.2. The Morgan fingerprint density at radius 1 is 1.09 bits per heavy atom. The second-order valence-electron chi connectivity index (χ2n) is 4.42. The molecule has 0 aromatic carbocycles. The van der Waals surface area contributed by atoms with E-state index in [0.717, 1.165) is 12.2 Å². The number of nitrogens with two attached hydrogens (primary N) is 2. The first-order valence-corrected chi connectivity index (χ1v) is 8.30. The lowest BCUT2D eigenvalue weighted by atomic mass is 10.1. The third-order valence-electron chi connectivity index (χ3n) is 2.09. The minimum atomic E-state index is 0. The zero-order valence-corrected chi connectivity index (χ0v) is 16.6. The number of fused-ring (bicyclic) bond motifs is 1. The van der Waals surface area contributed by atoms with E-state index >= 15 is 0 Å². The van der Waals surface area contributed by atoms with Crippen molar-refractivity contribution < 1.29 is 0 Å². The lowest BCUT2D eigenvalue weighted by Gasteiger charge is -2.04. The molecule has 0 radical (unpaired) electrons. The van der Waals surface area contributed by atoms with Crippen LogP contribution in [0.15, 0.2) is 30.7 Å². The predicted octanol–water partition coefficient (Wildman–Crippen LogP) is 4.60. The van der Waals surface area contributed by atoms with E-state index in [-0.39, 0.29) is 6.15 Å². The fourth-order valence-corrected chi connectivity index (χ4v) is 1.29. The van der Waals surface area contributed by atoms with Crippen molar-refractivity contribution in [3.8, 4) is 0 Å². The first-order chi connectivity index (χ1) is 10.6. The molecule has 7 N–H and O–H groups in total. The average molecular weight is 328 g/mol. The summed E-state index contributed by atoms with van der Waals surface area (Å²) in [5.74, 6) is 0.576. The maximum Gasteiger partial charge on any atom is 0.136 e. The van der Waals surface area contributed by atoms with E-state index in [9.17, 15) is 0 Å². The van der Waals surface area contributed by atoms with Crippen molar-refractivity contribution in [3.05, 3.63) is 36.3 Å². The van der Waals surface area contributed by atoms with Gasteiger partial charge in [0.05, 0.1) is 0 Å². The fraction of sp³-hybridized carbons (Fsp3) is 0.611. The van der Waals surface area contributed by atoms with Gasteiger partial charge in [-0.25, -0.2) is 4.98 Å². The highest BCUT2D eigenvalue weighted by molar-refractivity contribution is 5.41. The Hall–Kier alpha value is -1.43. The zero-order valence-electron chi connectivity index (χ0n) is 16.6. The molecule has 23 heavy (non-hydrogen) atoms. The molecule has 2 aromatic rings. The Bertz CT molecular complexity index is 422. The summed E-state index contributed by atoms with van der Waals surface area (Å²) in [6.07, 6.45) is 7.08. The van der Waals surface area contributed by atoms with E-state index in [1.807, 2.05) is 37.6 Å². The van der Waals surface area contributed by atoms with Gasteiger partial charge in [0.15, 0.2) is 0 Å². The van der Waals surface area contributed by atoms with Crippen LogP contribution in [0.2, 0.25) is 0 Å². The molecule has 0 aliphatic rings. The summed E-state index contributed by atoms with van der Waals surface area (Å²) in [6, 6.07) is 4.27. The van der Waals surface area contributed by atoms with Crippen molar-refractivity contribution in [3.63, 3.8) is 0 Å². The number of hydrogen-bond donors (Lipinski definition) is 3. The second kappa shape index (κ2) is 22.8. The molecule has 2 heterocycles. The monoisotopic (exact) mass is 327 g/mol. The number of imidazole rings is 1. The molecule has 0 fully saturated rings. The molecule has 0 bridgehead atoms. The highest BCUT2D eigenvalue weighted by atomic mass is 15.0. The molecule has 5 nitrogen and oxygen atoms in total. The number of aromatic nitrogens is 2. The summed E-state index contributed by atoms with van der Waals surface area (Å²) in [5.41, 5.74) is 11.7. The topological polar surface area (TPSA) is 104 Å². The highest BCUT2D eigenvalue weighted by Crippen LogP contribution is 2.15. The number of pyridine rings is 1. The molecule has 0 spiro atoms. The van der Waals surface area contributed by atoms with Crippen molar-refractivity contribution >= 4 is 5.65 Å². The van der Waals surface area contributed by atoms with Crippen LogP contribution in [0.1, 0.15) is 66.4 Å². The van der Waals surface area contributed by atoms with Crippen LogP contribution in [0.5, 0.6) is 0 Å². The molecule has 0 unspecified atom stereocenters. The maximum absolute atomic E-state index is 4.85. The van der Waals surface area contributed by atoms with E-state index in [1.54, 1.807) is 0 Å². The third-order valence-corrected chi connectivity index (χ3v) is 2.09. The predicted molar refractivity (Wildman–Crippen MR) is 106 cm³/mol. The van der Waals surface area contributed by atoms with Crippen LogP contribution in [0.25, 0.3) is 5.65 Å². The molecular weight excluding hydrogens is 286 g/mol. The molecule has 0 saturated heterocycles. The van der Waals surface area contributed by atoms with Gasteiger partial charge in [-0.15, -0.1) is 0 Å². The van der Waals surface area contributed by atoms with Gasteiger partial charge in [-0.1, -0.05) is 54.9 Å². The summed E-state index contributed by atoms with van der Waals surface area (Å²) in [4.78, 5) is 4.22. The van der Waals surface area contributed by atoms with Gasteiger partial charge < -0.3 is 22.0 Å². The first kappa shape index (κ1) is 29.6. The molecule has 138 valence electrons. The molecular formula is C18H41N5. The number of nitrogens with zero attached hydrogens (tertiary/aromatic N) is 2. The second-order valence-corrected chi connectivity index (χ2v) is 4.42. The SMILES string of the molecule is CC.CC(C)c1ccn2ccnc2c1.CCC.CCN.CN.N. The Balaban J connectivity index is -0.000000140. The van der Waals surface area contributed by atoms with E-state index < -0.39 is 0 Å². The van der Waals surface area contributed by atoms with Crippen LogP contribution in [0.4, 0.5) is 0 Å². The van der Waals surface area contributed by atoms with Crippen LogP contribution in [-0.2, 0) is 0 Å². The Kier molecular flexibility index (Phi) is 29.4. The van der Waals surface area contributed by atoms with Crippen molar-refractivity contribution in [2.45, 2.75) is 60.8 Å². The largest absolute Gasteiger partial charge is 0.344 e. The minimum Gasteiger partial charge on any atom is -0.344 e. The van der Waals surface area contributed by atoms with Crippen molar-refractivity contribution in [1.82, 2.24) is 15.5 Å². The number of hydrogen-bond acceptors (Lipinski definition) is 4. The Morgan fingerprint density at radius 2 is 1.52 bits per heavy atom. The van der Waals surface area contributed by atoms with Crippen LogP contribution in [0.3, 0.4) is 0 Å². The van der Waals surface area contributed by atoms with E-state index in [1.165, 1.54) is 19.0 Å². The Morgan fingerprint density at radius 3 is 1.91 bits per heavy atom. The average Bonchev–Trinajstić information content (AvgIpc) is 3.00. The van der Waals surface area contributed by atoms with Crippen LogP contribution >= 0.6 is 0 Å². The van der Waals surface area contributed by atoms with Gasteiger partial charge in [-0.2, -0.15) is 0 Å². The molecule has 0 atom stereocenters. The summed E-state index contributed by atoms with van der Waals surface area (Å²) < 4.78 is 2.02. The molecule has 5 heteroatoms. The molecule has 0 saturated carbocycles. The van der Waals surface area contributed by atoms with Crippen LogP contribution < -0.4 is 17.6 Å². The summed E-state index contributed by atoms with van der Waals surface area (Å²) in [6.45, 7) is 15.3. The van der Waals surface area contributed by atoms with E-state index in [0.29, 0.717) is 5.92 Å². The van der Waals surface area contributed by atoms with Crippen molar-refractivity contribution in [2.24, 2.45) is 11.5 Å². The summed E-state index contributed by atoms with van der Waals surface area (Å²) in [5, 5.41) is 0. The van der Waals surface area contributed by atoms with Gasteiger partial charge in [0.25, 0.3) is 0 Å². The van der Waals surface area contributed by atoms with Gasteiger partial charge in [0, 0.05) is 18.6 Å². The van der Waals surface area contributed by atoms with Crippen molar-refractivity contribution in [2.75, 3.05) is 13.6 Å². The van der Waals surface area contributed by atoms with Gasteiger partial charge in [0.2, 0.25) is 0 Å². The van der Waals surface area contributed by atoms with Gasteiger partial charge in [-0.3, -0.25) is 0 Å². The van der Waals surface area contributed by atoms with E-state index in [2.05, 4.69) is 56.7 Å². The van der Waals surface area contributed by atoms with E-state index in [4.69, 9.17) is 5.73 Å². The van der Waals surface area contributed by atoms with Crippen LogP contribution in [0, 0.1) is 0 Å². The fourth-order valence-electron chi connectivity index (χ4n) is 1.29. The van der Waals surface area contributed by atoms with Crippen LogP contribution in [-0.4, -0.2) is 23.0 Å². The first-order valence-electron chi connectivity index (χ1n) is 8.30. The lowest BCUT2D eigenvalue weighted by molar-refractivity contribution is 0.863. The standard InChI is InChI=1S/C10H12N2.C3H8.C2H7N.C2H6.CH5N.H3N/c1-8(2)9-3-5-12-6-4-11-10(12)7-9;1-3-2;1-2-3;2*1-2;/h3-8H,1-2H3;3H2,1-2H3;2-3H2,1H3;1-2H3;2H2,1H3;1H3. The summed E-state index contributed by atoms with van der Waals surface area (Å²) in [7, 11) is 1.50. The van der Waals surface area contributed by atoms with Gasteiger partial charge in [0.1, 0.15) is 5.65 Å². The quantitative estimate of drug-likeness (QED) is 0.711. The molecule has 2 aromatic heterocycles. The molecule has 0 aliphatic heterocycles. The lowest BCUT2D eigenvalue weighted by Crippen LogP contribution is -1.90. The Labute approximate surface area is 144 Å². The zero-order chi connectivity index (χ0) is 18.0. The normalized spacial score (nSPS) is 7.96. The summed E-state index contributed by atoms with van der Waals surface area (Å²) >= 11 is 0. The molecule has 0 amide bonds. The van der Waals surface area contributed by atoms with Gasteiger partial charge >= 0.3 is 0 Å². The highest BCUT2D eigenvalue weighted by Gasteiger charge is 1.99. The van der Waals surface area contributed by atoms with Gasteiger partial charge in [-0.05, 0) is 37.2 Å². The number of rotatable bonds is 1. The molecule has 0 aliphatic carbocycles. The maximum atomic E-state index is 4.85. The minimum absolute atomic E-state index is 0. The molecule has 2 rings (SSSR count).